The van der Waals surface area contributed by atoms with E-state index >= 15 is 0 Å². The van der Waals surface area contributed by atoms with Crippen molar-refractivity contribution in [2.75, 3.05) is 40.0 Å². The molecule has 122 valence electrons. The van der Waals surface area contributed by atoms with Crippen LogP contribution in [0.15, 0.2) is 0 Å². The number of hydrogen-bond acceptors (Lipinski definition) is 5. The molecule has 1 aliphatic heterocycles. The molecule has 0 bridgehead atoms. The highest BCUT2D eigenvalue weighted by Crippen LogP contribution is 2.20. The predicted molar refractivity (Wildman–Crippen MR) is 78.0 cm³/mol. The molecule has 1 saturated heterocycles. The van der Waals surface area contributed by atoms with Crippen LogP contribution in [0.3, 0.4) is 0 Å². The molecule has 1 unspecified atom stereocenters. The molecule has 0 aromatic carbocycles. The topological polar surface area (TPSA) is 84.0 Å². The van der Waals surface area contributed by atoms with Gasteiger partial charge in [-0.25, -0.2) is 12.7 Å². The van der Waals surface area contributed by atoms with E-state index in [0.29, 0.717) is 32.4 Å². The van der Waals surface area contributed by atoms with Gasteiger partial charge in [0.25, 0.3) is 0 Å². The molecule has 0 aliphatic carbocycles. The summed E-state index contributed by atoms with van der Waals surface area (Å²) >= 11 is 0. The summed E-state index contributed by atoms with van der Waals surface area (Å²) in [5.74, 6) is -0.651. The van der Waals surface area contributed by atoms with Gasteiger partial charge in [0.1, 0.15) is 0 Å². The smallest absolute Gasteiger partial charge is 0.305 e. The van der Waals surface area contributed by atoms with Crippen LogP contribution < -0.4 is 0 Å². The van der Waals surface area contributed by atoms with Gasteiger partial charge in [0.05, 0.1) is 19.3 Å². The number of esters is 1. The molecule has 0 spiro atoms. The molecule has 1 rings (SSSR count). The Morgan fingerprint density at radius 3 is 2.62 bits per heavy atom. The van der Waals surface area contributed by atoms with Crippen LogP contribution in [0.5, 0.6) is 0 Å². The third-order valence-electron chi connectivity index (χ3n) is 3.68. The van der Waals surface area contributed by atoms with E-state index in [1.807, 2.05) is 0 Å². The van der Waals surface area contributed by atoms with Gasteiger partial charge in [0, 0.05) is 33.1 Å². The zero-order valence-electron chi connectivity index (χ0n) is 12.9. The van der Waals surface area contributed by atoms with Gasteiger partial charge in [0.15, 0.2) is 0 Å². The molecule has 21 heavy (non-hydrogen) atoms. The number of sulfonamides is 1. The van der Waals surface area contributed by atoms with Crippen molar-refractivity contribution in [1.82, 2.24) is 9.21 Å². The summed E-state index contributed by atoms with van der Waals surface area (Å²) in [6, 6.07) is 0. The summed E-state index contributed by atoms with van der Waals surface area (Å²) in [6.45, 7) is 1.19. The van der Waals surface area contributed by atoms with Crippen molar-refractivity contribution in [3.8, 4) is 0 Å². The second-order valence-corrected chi connectivity index (χ2v) is 7.38. The van der Waals surface area contributed by atoms with Crippen molar-refractivity contribution in [3.63, 3.8) is 0 Å². The van der Waals surface area contributed by atoms with Gasteiger partial charge >= 0.3 is 5.97 Å². The van der Waals surface area contributed by atoms with E-state index in [0.717, 1.165) is 0 Å². The first kappa shape index (κ1) is 17.9. The van der Waals surface area contributed by atoms with E-state index in [-0.39, 0.29) is 30.8 Å². The number of rotatable bonds is 6. The van der Waals surface area contributed by atoms with Gasteiger partial charge in [-0.05, 0) is 19.3 Å². The van der Waals surface area contributed by atoms with Gasteiger partial charge in [-0.3, -0.25) is 9.59 Å². The standard InChI is InChI=1S/C13H24N2O5S/c1-14(8-5-7-12(16)20-2)13(17)11-6-4-9-15(10-11)21(3,18)19/h11H,4-10H2,1-3H3. The van der Waals surface area contributed by atoms with Crippen molar-refractivity contribution < 1.29 is 22.7 Å². The summed E-state index contributed by atoms with van der Waals surface area (Å²) in [6.07, 6.45) is 3.37. The van der Waals surface area contributed by atoms with Crippen molar-refractivity contribution in [1.29, 1.82) is 0 Å². The average Bonchev–Trinajstić information content (AvgIpc) is 2.45. The molecule has 8 heteroatoms. The van der Waals surface area contributed by atoms with Crippen LogP contribution in [0.25, 0.3) is 0 Å². The van der Waals surface area contributed by atoms with Gasteiger partial charge in [0.2, 0.25) is 15.9 Å². The van der Waals surface area contributed by atoms with Crippen LogP contribution >= 0.6 is 0 Å². The van der Waals surface area contributed by atoms with Gasteiger partial charge in [-0.2, -0.15) is 0 Å². The van der Waals surface area contributed by atoms with Crippen molar-refractivity contribution in [2.24, 2.45) is 5.92 Å². The molecular weight excluding hydrogens is 296 g/mol. The normalized spacial score (nSPS) is 20.0. The molecular formula is C13H24N2O5S. The van der Waals surface area contributed by atoms with E-state index in [9.17, 15) is 18.0 Å². The predicted octanol–water partition coefficient (Wildman–Crippen LogP) is 0.0696. The third-order valence-corrected chi connectivity index (χ3v) is 4.95. The number of carbonyl (C=O) groups excluding carboxylic acids is 2. The van der Waals surface area contributed by atoms with E-state index in [4.69, 9.17) is 0 Å². The van der Waals surface area contributed by atoms with Crippen molar-refractivity contribution in [3.05, 3.63) is 0 Å². The molecule has 1 heterocycles. The molecule has 0 radical (unpaired) electrons. The Hall–Kier alpha value is -1.15. The summed E-state index contributed by atoms with van der Waals surface area (Å²) < 4.78 is 29.0. The van der Waals surface area contributed by atoms with Crippen LogP contribution in [0.4, 0.5) is 0 Å². The van der Waals surface area contributed by atoms with Gasteiger partial charge in [-0.15, -0.1) is 0 Å². The van der Waals surface area contributed by atoms with Crippen LogP contribution in [0, 0.1) is 5.92 Å². The first-order valence-electron chi connectivity index (χ1n) is 7.02. The highest BCUT2D eigenvalue weighted by atomic mass is 32.2. The zero-order chi connectivity index (χ0) is 16.0. The molecule has 0 aromatic rings. The maximum absolute atomic E-state index is 12.3. The molecule has 0 N–H and O–H groups in total. The number of nitrogens with zero attached hydrogens (tertiary/aromatic N) is 2. The maximum Gasteiger partial charge on any atom is 0.305 e. The van der Waals surface area contributed by atoms with Crippen molar-refractivity contribution in [2.45, 2.75) is 25.7 Å². The fourth-order valence-corrected chi connectivity index (χ4v) is 3.34. The lowest BCUT2D eigenvalue weighted by molar-refractivity contribution is -0.141. The Kier molecular flexibility index (Phi) is 6.60. The first-order valence-corrected chi connectivity index (χ1v) is 8.87. The number of methoxy groups -OCH3 is 1. The Morgan fingerprint density at radius 1 is 1.38 bits per heavy atom. The number of carbonyl (C=O) groups is 2. The lowest BCUT2D eigenvalue weighted by atomic mass is 9.98. The minimum atomic E-state index is -3.25. The van der Waals surface area contributed by atoms with E-state index in [2.05, 4.69) is 4.74 Å². The molecule has 1 fully saturated rings. The zero-order valence-corrected chi connectivity index (χ0v) is 13.7. The minimum absolute atomic E-state index is 0.0618. The number of piperidine rings is 1. The number of amides is 1. The lowest BCUT2D eigenvalue weighted by Crippen LogP contribution is -2.45. The number of hydrogen-bond donors (Lipinski definition) is 0. The molecule has 1 aliphatic rings. The largest absolute Gasteiger partial charge is 0.469 e. The second-order valence-electron chi connectivity index (χ2n) is 5.40. The summed E-state index contributed by atoms with van der Waals surface area (Å²) in [5, 5.41) is 0. The fraction of sp³-hybridized carbons (Fsp3) is 0.846. The van der Waals surface area contributed by atoms with E-state index in [1.165, 1.54) is 17.7 Å². The maximum atomic E-state index is 12.3. The van der Waals surface area contributed by atoms with Gasteiger partial charge in [-0.1, -0.05) is 0 Å². The minimum Gasteiger partial charge on any atom is -0.469 e. The molecule has 0 saturated carbocycles. The number of ether oxygens (including phenoxy) is 1. The van der Waals surface area contributed by atoms with E-state index < -0.39 is 10.0 Å². The van der Waals surface area contributed by atoms with Crippen LogP contribution in [-0.2, 0) is 24.3 Å². The third kappa shape index (κ3) is 5.62. The lowest BCUT2D eigenvalue weighted by Gasteiger charge is -2.32. The monoisotopic (exact) mass is 320 g/mol. The summed E-state index contributed by atoms with van der Waals surface area (Å²) in [4.78, 5) is 24.9. The van der Waals surface area contributed by atoms with E-state index in [1.54, 1.807) is 11.9 Å². The summed E-state index contributed by atoms with van der Waals surface area (Å²) in [7, 11) is -0.236. The Labute approximate surface area is 126 Å². The average molecular weight is 320 g/mol. The van der Waals surface area contributed by atoms with Crippen LogP contribution in [-0.4, -0.2) is 69.5 Å². The van der Waals surface area contributed by atoms with Crippen molar-refractivity contribution >= 4 is 21.9 Å². The molecule has 7 nitrogen and oxygen atoms in total. The van der Waals surface area contributed by atoms with Crippen LogP contribution in [0.1, 0.15) is 25.7 Å². The van der Waals surface area contributed by atoms with Gasteiger partial charge < -0.3 is 9.64 Å². The highest BCUT2D eigenvalue weighted by molar-refractivity contribution is 7.88. The second kappa shape index (κ2) is 7.74. The Morgan fingerprint density at radius 2 is 2.05 bits per heavy atom. The quantitative estimate of drug-likeness (QED) is 0.647. The molecule has 1 amide bonds. The molecule has 1 atom stereocenters. The Bertz CT molecular complexity index is 477. The first-order chi connectivity index (χ1) is 9.75. The highest BCUT2D eigenvalue weighted by Gasteiger charge is 2.31. The summed E-state index contributed by atoms with van der Waals surface area (Å²) in [5.41, 5.74) is 0. The SMILES string of the molecule is COC(=O)CCCN(C)C(=O)C1CCCN(S(C)(=O)=O)C1. The fourth-order valence-electron chi connectivity index (χ4n) is 2.43. The van der Waals surface area contributed by atoms with Crippen LogP contribution in [0.2, 0.25) is 0 Å². The molecule has 0 aromatic heterocycles. The Balaban J connectivity index is 2.48.